The predicted molar refractivity (Wildman–Crippen MR) is 78.9 cm³/mol. The molecular formula is C15H11ClF2N2O3. The molecule has 0 aliphatic rings. The lowest BCUT2D eigenvalue weighted by atomic mass is 10.2. The molecule has 0 fully saturated rings. The highest BCUT2D eigenvalue weighted by Gasteiger charge is 2.13. The van der Waals surface area contributed by atoms with E-state index in [9.17, 15) is 18.4 Å². The van der Waals surface area contributed by atoms with Crippen LogP contribution in [0.4, 0.5) is 8.78 Å². The van der Waals surface area contributed by atoms with Gasteiger partial charge in [-0.3, -0.25) is 20.4 Å². The average molecular weight is 341 g/mol. The molecule has 8 heteroatoms. The lowest BCUT2D eigenvalue weighted by Crippen LogP contribution is -2.44. The molecule has 0 spiro atoms. The highest BCUT2D eigenvalue weighted by atomic mass is 35.5. The smallest absolute Gasteiger partial charge is 0.276 e. The van der Waals surface area contributed by atoms with Crippen molar-refractivity contribution in [3.63, 3.8) is 0 Å². The van der Waals surface area contributed by atoms with Gasteiger partial charge in [0.05, 0.1) is 5.56 Å². The number of carbonyl (C=O) groups excluding carboxylic acids is 2. The monoisotopic (exact) mass is 340 g/mol. The molecule has 120 valence electrons. The van der Waals surface area contributed by atoms with E-state index in [1.54, 1.807) is 6.07 Å². The molecule has 0 radical (unpaired) electrons. The molecule has 2 aromatic rings. The minimum Gasteiger partial charge on any atom is -0.481 e. The summed E-state index contributed by atoms with van der Waals surface area (Å²) in [4.78, 5) is 23.2. The van der Waals surface area contributed by atoms with Crippen LogP contribution in [0, 0.1) is 11.6 Å². The van der Waals surface area contributed by atoms with E-state index < -0.39 is 30.1 Å². The molecule has 23 heavy (non-hydrogen) atoms. The number of ether oxygens (including phenoxy) is 1. The van der Waals surface area contributed by atoms with Crippen molar-refractivity contribution in [2.75, 3.05) is 6.61 Å². The third kappa shape index (κ3) is 4.65. The van der Waals surface area contributed by atoms with Crippen LogP contribution < -0.4 is 15.6 Å². The van der Waals surface area contributed by atoms with Crippen molar-refractivity contribution in [2.24, 2.45) is 0 Å². The fourth-order valence-electron chi connectivity index (χ4n) is 1.61. The van der Waals surface area contributed by atoms with Crippen LogP contribution in [0.1, 0.15) is 10.4 Å². The number of halogens is 3. The maximum Gasteiger partial charge on any atom is 0.276 e. The van der Waals surface area contributed by atoms with E-state index in [2.05, 4.69) is 0 Å². The van der Waals surface area contributed by atoms with Crippen molar-refractivity contribution in [1.82, 2.24) is 10.9 Å². The lowest BCUT2D eigenvalue weighted by Gasteiger charge is -2.09. The number of hydrazine groups is 1. The first kappa shape index (κ1) is 16.7. The van der Waals surface area contributed by atoms with E-state index in [0.29, 0.717) is 0 Å². The molecule has 0 heterocycles. The first-order valence-corrected chi connectivity index (χ1v) is 6.76. The zero-order valence-electron chi connectivity index (χ0n) is 11.6. The van der Waals surface area contributed by atoms with E-state index in [1.807, 2.05) is 10.9 Å². The third-order valence-corrected chi connectivity index (χ3v) is 2.92. The summed E-state index contributed by atoms with van der Waals surface area (Å²) in [6, 6.07) is 8.98. The molecule has 0 unspecified atom stereocenters. The van der Waals surface area contributed by atoms with E-state index in [4.69, 9.17) is 16.3 Å². The third-order valence-electron chi connectivity index (χ3n) is 2.68. The summed E-state index contributed by atoms with van der Waals surface area (Å²) in [5.41, 5.74) is 3.70. The summed E-state index contributed by atoms with van der Waals surface area (Å²) in [5.74, 6) is -3.14. The van der Waals surface area contributed by atoms with Gasteiger partial charge >= 0.3 is 0 Å². The van der Waals surface area contributed by atoms with Crippen molar-refractivity contribution in [3.8, 4) is 5.75 Å². The number of benzene rings is 2. The molecule has 0 aliphatic carbocycles. The zero-order valence-corrected chi connectivity index (χ0v) is 12.4. The highest BCUT2D eigenvalue weighted by molar-refractivity contribution is 6.31. The molecule has 0 saturated carbocycles. The van der Waals surface area contributed by atoms with Gasteiger partial charge in [0.25, 0.3) is 11.8 Å². The summed E-state index contributed by atoms with van der Waals surface area (Å²) in [6.07, 6.45) is 0. The van der Waals surface area contributed by atoms with Gasteiger partial charge in [-0.15, -0.1) is 0 Å². The number of hydrogen-bond acceptors (Lipinski definition) is 3. The van der Waals surface area contributed by atoms with Crippen molar-refractivity contribution >= 4 is 23.4 Å². The van der Waals surface area contributed by atoms with Crippen LogP contribution in [0.3, 0.4) is 0 Å². The molecule has 2 rings (SSSR count). The highest BCUT2D eigenvalue weighted by Crippen LogP contribution is 2.15. The molecule has 2 amide bonds. The van der Waals surface area contributed by atoms with Gasteiger partial charge < -0.3 is 4.74 Å². The quantitative estimate of drug-likeness (QED) is 0.840. The van der Waals surface area contributed by atoms with Crippen LogP contribution in [-0.4, -0.2) is 18.4 Å². The second-order valence-corrected chi connectivity index (χ2v) is 4.78. The van der Waals surface area contributed by atoms with Crippen LogP contribution >= 0.6 is 11.6 Å². The maximum atomic E-state index is 13.5. The van der Waals surface area contributed by atoms with Crippen molar-refractivity contribution in [1.29, 1.82) is 0 Å². The summed E-state index contributed by atoms with van der Waals surface area (Å²) in [7, 11) is 0. The minimum absolute atomic E-state index is 0.102. The number of nitrogens with one attached hydrogen (secondary N) is 2. The first-order valence-electron chi connectivity index (χ1n) is 6.39. The van der Waals surface area contributed by atoms with Crippen LogP contribution in [0.15, 0.2) is 42.5 Å². The Morgan fingerprint density at radius 3 is 2.52 bits per heavy atom. The SMILES string of the molecule is O=C(COc1ccccc1F)NNC(=O)c1cc(Cl)ccc1F. The number of amides is 2. The molecule has 2 aromatic carbocycles. The molecule has 0 aromatic heterocycles. The van der Waals surface area contributed by atoms with E-state index in [1.165, 1.54) is 24.3 Å². The van der Waals surface area contributed by atoms with Gasteiger partial charge in [0.1, 0.15) is 5.82 Å². The summed E-state index contributed by atoms with van der Waals surface area (Å²) in [5, 5.41) is 0.172. The van der Waals surface area contributed by atoms with Crippen LogP contribution in [0.2, 0.25) is 5.02 Å². The van der Waals surface area contributed by atoms with Gasteiger partial charge in [0.2, 0.25) is 0 Å². The van der Waals surface area contributed by atoms with Crippen LogP contribution in [-0.2, 0) is 4.79 Å². The molecule has 0 aliphatic heterocycles. The number of carbonyl (C=O) groups is 2. The number of para-hydroxylation sites is 1. The topological polar surface area (TPSA) is 67.4 Å². The first-order chi connectivity index (χ1) is 11.0. The Kier molecular flexibility index (Phi) is 5.48. The molecule has 5 nitrogen and oxygen atoms in total. The van der Waals surface area contributed by atoms with Crippen LogP contribution in [0.5, 0.6) is 5.75 Å². The fourth-order valence-corrected chi connectivity index (χ4v) is 1.78. The zero-order chi connectivity index (χ0) is 16.8. The number of hydrogen-bond donors (Lipinski definition) is 2. The second kappa shape index (κ2) is 7.55. The summed E-state index contributed by atoms with van der Waals surface area (Å²) >= 11 is 5.67. The Morgan fingerprint density at radius 1 is 1.04 bits per heavy atom. The van der Waals surface area contributed by atoms with Gasteiger partial charge in [0.15, 0.2) is 18.2 Å². The normalized spacial score (nSPS) is 10.0. The predicted octanol–water partition coefficient (Wildman–Crippen LogP) is 2.46. The summed E-state index contributed by atoms with van der Waals surface area (Å²) in [6.45, 7) is -0.529. The molecule has 0 atom stereocenters. The van der Waals surface area contributed by atoms with E-state index in [0.717, 1.165) is 12.1 Å². The van der Waals surface area contributed by atoms with Crippen molar-refractivity contribution < 1.29 is 23.1 Å². The Morgan fingerprint density at radius 2 is 1.78 bits per heavy atom. The molecular weight excluding hydrogens is 330 g/mol. The van der Waals surface area contributed by atoms with Gasteiger partial charge in [-0.2, -0.15) is 0 Å². The Balaban J connectivity index is 1.86. The Bertz CT molecular complexity index is 740. The molecule has 2 N–H and O–H groups in total. The van der Waals surface area contributed by atoms with Gasteiger partial charge in [-0.25, -0.2) is 8.78 Å². The molecule has 0 bridgehead atoms. The fraction of sp³-hybridized carbons (Fsp3) is 0.0667. The van der Waals surface area contributed by atoms with Crippen molar-refractivity contribution in [3.05, 3.63) is 64.7 Å². The minimum atomic E-state index is -0.885. The van der Waals surface area contributed by atoms with Gasteiger partial charge in [-0.05, 0) is 30.3 Å². The standard InChI is InChI=1S/C15H11ClF2N2O3/c16-9-5-6-11(17)10(7-9)15(22)20-19-14(21)8-23-13-4-2-1-3-12(13)18/h1-7H,8H2,(H,19,21)(H,20,22). The lowest BCUT2D eigenvalue weighted by molar-refractivity contribution is -0.123. The van der Waals surface area contributed by atoms with Gasteiger partial charge in [-0.1, -0.05) is 23.7 Å². The van der Waals surface area contributed by atoms with Crippen LogP contribution in [0.25, 0.3) is 0 Å². The Labute approximate surface area is 135 Å². The second-order valence-electron chi connectivity index (χ2n) is 4.35. The molecule has 0 saturated heterocycles. The largest absolute Gasteiger partial charge is 0.481 e. The van der Waals surface area contributed by atoms with E-state index >= 15 is 0 Å². The number of rotatable bonds is 4. The summed E-state index contributed by atoms with van der Waals surface area (Å²) < 4.78 is 31.7. The van der Waals surface area contributed by atoms with E-state index in [-0.39, 0.29) is 16.3 Å². The maximum absolute atomic E-state index is 13.5. The Hall–Kier alpha value is -2.67. The van der Waals surface area contributed by atoms with Crippen molar-refractivity contribution in [2.45, 2.75) is 0 Å². The van der Waals surface area contributed by atoms with Gasteiger partial charge in [0, 0.05) is 5.02 Å². The average Bonchev–Trinajstić information content (AvgIpc) is 2.54.